The highest BCUT2D eigenvalue weighted by Crippen LogP contribution is 2.30. The molecule has 37 heavy (non-hydrogen) atoms. The number of carbonyl (C=O) groups is 2. The number of halogens is 1. The Hall–Kier alpha value is -4.06. The number of hydrogen-bond donors (Lipinski definition) is 3. The maximum atomic E-state index is 12.7. The van der Waals surface area contributed by atoms with Crippen molar-refractivity contribution in [2.45, 2.75) is 0 Å². The topological polar surface area (TPSA) is 126 Å². The number of rotatable bonds is 6. The average Bonchev–Trinajstić information content (AvgIpc) is 2.89. The Morgan fingerprint density at radius 1 is 0.919 bits per heavy atom. The molecule has 3 aromatic rings. The summed E-state index contributed by atoms with van der Waals surface area (Å²) in [6.45, 7) is 2.01. The summed E-state index contributed by atoms with van der Waals surface area (Å²) in [5.41, 5.74) is 1.78. The van der Waals surface area contributed by atoms with E-state index in [4.69, 9.17) is 28.6 Å². The molecule has 1 fully saturated rings. The van der Waals surface area contributed by atoms with Crippen LogP contribution in [0, 0.1) is 10.1 Å². The Morgan fingerprint density at radius 2 is 1.59 bits per heavy atom. The molecule has 2 amide bonds. The van der Waals surface area contributed by atoms with Gasteiger partial charge in [0.25, 0.3) is 17.5 Å². The molecule has 0 unspecified atom stereocenters. The molecule has 0 radical (unpaired) electrons. The lowest BCUT2D eigenvalue weighted by Gasteiger charge is -2.28. The van der Waals surface area contributed by atoms with Crippen molar-refractivity contribution in [3.63, 3.8) is 0 Å². The lowest BCUT2D eigenvalue weighted by atomic mass is 10.1. The number of hydrogen-bond acceptors (Lipinski definition) is 7. The van der Waals surface area contributed by atoms with Crippen molar-refractivity contribution in [3.8, 4) is 0 Å². The Morgan fingerprint density at radius 3 is 2.30 bits per heavy atom. The predicted octanol–water partition coefficient (Wildman–Crippen LogP) is 4.46. The van der Waals surface area contributed by atoms with Crippen molar-refractivity contribution in [2.75, 3.05) is 41.8 Å². The number of benzene rings is 3. The first kappa shape index (κ1) is 26.0. The van der Waals surface area contributed by atoms with E-state index in [1.165, 1.54) is 12.1 Å². The summed E-state index contributed by atoms with van der Waals surface area (Å²) in [6, 6.07) is 17.6. The van der Waals surface area contributed by atoms with Crippen molar-refractivity contribution in [3.05, 3.63) is 93.0 Å². The van der Waals surface area contributed by atoms with Crippen LogP contribution in [0.4, 0.5) is 22.7 Å². The van der Waals surface area contributed by atoms with E-state index in [-0.39, 0.29) is 22.3 Å². The third-order valence-corrected chi connectivity index (χ3v) is 5.92. The maximum Gasteiger partial charge on any atom is 0.293 e. The van der Waals surface area contributed by atoms with Crippen LogP contribution in [0.3, 0.4) is 0 Å². The van der Waals surface area contributed by atoms with Gasteiger partial charge in [0.05, 0.1) is 18.1 Å². The molecule has 0 atom stereocenters. The summed E-state index contributed by atoms with van der Waals surface area (Å²) in [5.74, 6) is -0.933. The van der Waals surface area contributed by atoms with Crippen molar-refractivity contribution < 1.29 is 19.2 Å². The van der Waals surface area contributed by atoms with Gasteiger partial charge in [-0.1, -0.05) is 23.7 Å². The van der Waals surface area contributed by atoms with Gasteiger partial charge in [0, 0.05) is 46.7 Å². The summed E-state index contributed by atoms with van der Waals surface area (Å²) in [5, 5.41) is 20.3. The fourth-order valence-electron chi connectivity index (χ4n) is 3.73. The van der Waals surface area contributed by atoms with Gasteiger partial charge in [-0.2, -0.15) is 0 Å². The van der Waals surface area contributed by atoms with E-state index in [1.807, 2.05) is 4.90 Å². The molecule has 1 aliphatic rings. The first-order valence-corrected chi connectivity index (χ1v) is 12.0. The fraction of sp³-hybridized carbons (Fsp3) is 0.160. The van der Waals surface area contributed by atoms with E-state index < -0.39 is 10.8 Å². The Bertz CT molecular complexity index is 1360. The van der Waals surface area contributed by atoms with E-state index >= 15 is 0 Å². The number of thiocarbonyl (C=S) groups is 1. The number of amides is 2. The van der Waals surface area contributed by atoms with Crippen LogP contribution in [0.1, 0.15) is 20.7 Å². The van der Waals surface area contributed by atoms with Crippen LogP contribution in [0.25, 0.3) is 0 Å². The lowest BCUT2D eigenvalue weighted by Crippen LogP contribution is -2.37. The lowest BCUT2D eigenvalue weighted by molar-refractivity contribution is -0.384. The van der Waals surface area contributed by atoms with Crippen LogP contribution in [0.15, 0.2) is 66.7 Å². The van der Waals surface area contributed by atoms with Gasteiger partial charge in [-0.15, -0.1) is 0 Å². The molecule has 1 heterocycles. The zero-order valence-corrected chi connectivity index (χ0v) is 21.0. The molecule has 0 aliphatic carbocycles. The van der Waals surface area contributed by atoms with Gasteiger partial charge in [0.15, 0.2) is 5.11 Å². The monoisotopic (exact) mass is 539 g/mol. The third-order valence-electron chi connectivity index (χ3n) is 5.48. The summed E-state index contributed by atoms with van der Waals surface area (Å²) in [7, 11) is 0. The molecule has 1 aliphatic heterocycles. The zero-order valence-electron chi connectivity index (χ0n) is 19.4. The minimum Gasteiger partial charge on any atom is -0.378 e. The van der Waals surface area contributed by atoms with Gasteiger partial charge in [-0.25, -0.2) is 0 Å². The zero-order chi connectivity index (χ0) is 26.4. The highest BCUT2D eigenvalue weighted by molar-refractivity contribution is 7.80. The highest BCUT2D eigenvalue weighted by atomic mass is 35.5. The minimum atomic E-state index is -0.598. The molecule has 0 spiro atoms. The largest absolute Gasteiger partial charge is 0.378 e. The molecule has 3 aromatic carbocycles. The molecule has 4 rings (SSSR count). The molecule has 190 valence electrons. The Labute approximate surface area is 222 Å². The molecule has 0 aromatic heterocycles. The van der Waals surface area contributed by atoms with Gasteiger partial charge < -0.3 is 20.3 Å². The second kappa shape index (κ2) is 11.8. The van der Waals surface area contributed by atoms with Gasteiger partial charge >= 0.3 is 0 Å². The van der Waals surface area contributed by atoms with Crippen LogP contribution in [-0.4, -0.2) is 48.2 Å². The number of nitro groups is 1. The van der Waals surface area contributed by atoms with Crippen LogP contribution in [0.5, 0.6) is 0 Å². The quantitative estimate of drug-likeness (QED) is 0.238. The fourth-order valence-corrected chi connectivity index (χ4v) is 4.13. The van der Waals surface area contributed by atoms with Gasteiger partial charge in [-0.3, -0.25) is 25.0 Å². The normalized spacial score (nSPS) is 12.9. The number of ether oxygens (including phenoxy) is 1. The van der Waals surface area contributed by atoms with E-state index in [9.17, 15) is 19.7 Å². The highest BCUT2D eigenvalue weighted by Gasteiger charge is 2.23. The van der Waals surface area contributed by atoms with Gasteiger partial charge in [-0.05, 0) is 60.7 Å². The van der Waals surface area contributed by atoms with Crippen molar-refractivity contribution in [1.29, 1.82) is 0 Å². The maximum absolute atomic E-state index is 12.7. The second-order valence-electron chi connectivity index (χ2n) is 8.01. The van der Waals surface area contributed by atoms with Crippen molar-refractivity contribution in [1.82, 2.24) is 5.32 Å². The SMILES string of the molecule is O=C(NC(=S)Nc1cccc(NC(=O)c2cccc(Cl)c2)c1)c1ccc(N2CCOCC2)c([N+](=O)[O-])c1. The number of nitrogens with one attached hydrogen (secondary N) is 3. The molecule has 10 nitrogen and oxygen atoms in total. The van der Waals surface area contributed by atoms with E-state index in [0.717, 1.165) is 0 Å². The predicted molar refractivity (Wildman–Crippen MR) is 146 cm³/mol. The number of nitrogens with zero attached hydrogens (tertiary/aromatic N) is 2. The molecule has 1 saturated heterocycles. The minimum absolute atomic E-state index is 0.0109. The standard InChI is InChI=1S/C25H22ClN5O5S/c26-18-4-1-3-16(13-18)23(32)27-19-5-2-6-20(15-19)28-25(37)29-24(33)17-7-8-21(22(14-17)31(34)35)30-9-11-36-12-10-30/h1-8,13-15H,9-12H2,(H,27,32)(H2,28,29,33,37). The summed E-state index contributed by atoms with van der Waals surface area (Å²) >= 11 is 11.2. The Kier molecular flexibility index (Phi) is 8.29. The first-order chi connectivity index (χ1) is 17.8. The van der Waals surface area contributed by atoms with Crippen LogP contribution >= 0.6 is 23.8 Å². The summed E-state index contributed by atoms with van der Waals surface area (Å²) in [6.07, 6.45) is 0. The van der Waals surface area contributed by atoms with Crippen molar-refractivity contribution >= 4 is 63.5 Å². The molecule has 0 bridgehead atoms. The van der Waals surface area contributed by atoms with Gasteiger partial charge in [0.1, 0.15) is 5.69 Å². The first-order valence-electron chi connectivity index (χ1n) is 11.2. The van der Waals surface area contributed by atoms with E-state index in [1.54, 1.807) is 54.6 Å². The van der Waals surface area contributed by atoms with Crippen LogP contribution in [0.2, 0.25) is 5.02 Å². The smallest absolute Gasteiger partial charge is 0.293 e. The molecule has 12 heteroatoms. The number of carbonyl (C=O) groups excluding carboxylic acids is 2. The molecular weight excluding hydrogens is 518 g/mol. The number of morpholine rings is 1. The second-order valence-corrected chi connectivity index (χ2v) is 8.86. The molecular formula is C25H22ClN5O5S. The third kappa shape index (κ3) is 6.79. The molecule has 0 saturated carbocycles. The summed E-state index contributed by atoms with van der Waals surface area (Å²) in [4.78, 5) is 38.2. The Balaban J connectivity index is 1.40. The average molecular weight is 540 g/mol. The number of anilines is 3. The molecule has 3 N–H and O–H groups in total. The van der Waals surface area contributed by atoms with Gasteiger partial charge in [0.2, 0.25) is 0 Å². The van der Waals surface area contributed by atoms with E-state index in [2.05, 4.69) is 16.0 Å². The van der Waals surface area contributed by atoms with Crippen LogP contribution in [-0.2, 0) is 4.74 Å². The number of nitro benzene ring substituents is 1. The van der Waals surface area contributed by atoms with Crippen molar-refractivity contribution in [2.24, 2.45) is 0 Å². The van der Waals surface area contributed by atoms with Crippen LogP contribution < -0.4 is 20.9 Å². The summed E-state index contributed by atoms with van der Waals surface area (Å²) < 4.78 is 5.30. The van der Waals surface area contributed by atoms with E-state index in [0.29, 0.717) is 54.0 Å².